The number of fused-ring (bicyclic) bond motifs is 1. The van der Waals surface area contributed by atoms with E-state index in [2.05, 4.69) is 33.4 Å². The number of hydrogen-bond acceptors (Lipinski definition) is 4. The lowest BCUT2D eigenvalue weighted by Crippen LogP contribution is -2.25. The number of nitrogens with one attached hydrogen (secondary N) is 1. The van der Waals surface area contributed by atoms with Gasteiger partial charge in [-0.05, 0) is 50.3 Å². The molecule has 3 aromatic rings. The van der Waals surface area contributed by atoms with Crippen LogP contribution in [0.4, 0.5) is 0 Å². The number of para-hydroxylation sites is 1. The summed E-state index contributed by atoms with van der Waals surface area (Å²) in [6, 6.07) is 8.12. The van der Waals surface area contributed by atoms with Crippen molar-refractivity contribution in [3.63, 3.8) is 0 Å². The molecule has 1 aromatic carbocycles. The van der Waals surface area contributed by atoms with E-state index in [0.29, 0.717) is 18.1 Å². The molecule has 6 heteroatoms. The molecule has 4 rings (SSSR count). The molecule has 0 unspecified atom stereocenters. The van der Waals surface area contributed by atoms with Crippen LogP contribution in [-0.2, 0) is 19.4 Å². The fourth-order valence-corrected chi connectivity index (χ4v) is 3.37. The van der Waals surface area contributed by atoms with Crippen LogP contribution in [0.2, 0.25) is 0 Å². The van der Waals surface area contributed by atoms with E-state index in [1.807, 2.05) is 29.8 Å². The van der Waals surface area contributed by atoms with Gasteiger partial charge in [-0.3, -0.25) is 4.79 Å². The van der Waals surface area contributed by atoms with Crippen LogP contribution in [0.5, 0.6) is 0 Å². The maximum Gasteiger partial charge on any atom is 0.272 e. The van der Waals surface area contributed by atoms with Crippen molar-refractivity contribution in [3.8, 4) is 5.69 Å². The van der Waals surface area contributed by atoms with Crippen molar-refractivity contribution in [1.82, 2.24) is 25.1 Å². The van der Waals surface area contributed by atoms with E-state index in [1.165, 1.54) is 0 Å². The van der Waals surface area contributed by atoms with Gasteiger partial charge in [0.15, 0.2) is 5.69 Å². The average molecular weight is 347 g/mol. The second-order valence-corrected chi connectivity index (χ2v) is 6.69. The number of aryl methyl sites for hydroxylation is 2. The Morgan fingerprint density at radius 1 is 1.15 bits per heavy atom. The zero-order valence-electron chi connectivity index (χ0n) is 15.0. The lowest BCUT2D eigenvalue weighted by atomic mass is 10.2. The quantitative estimate of drug-likeness (QED) is 0.787. The van der Waals surface area contributed by atoms with Crippen molar-refractivity contribution in [2.75, 3.05) is 0 Å². The van der Waals surface area contributed by atoms with Crippen LogP contribution >= 0.6 is 0 Å². The standard InChI is InChI=1S/C20H21N5O/c1-13-10-21-18(22-11-13)12-23-20(26)19-15-7-5-9-17(15)25(24-19)16-8-4-3-6-14(16)2/h3-4,6,8,10-11H,5,7,9,12H2,1-2H3,(H,23,26). The van der Waals surface area contributed by atoms with Crippen LogP contribution in [0.3, 0.4) is 0 Å². The Morgan fingerprint density at radius 3 is 2.69 bits per heavy atom. The largest absolute Gasteiger partial charge is 0.343 e. The van der Waals surface area contributed by atoms with Crippen molar-refractivity contribution < 1.29 is 4.79 Å². The number of hydrogen-bond donors (Lipinski definition) is 1. The Balaban J connectivity index is 1.61. The first kappa shape index (κ1) is 16.4. The maximum absolute atomic E-state index is 12.7. The first-order valence-electron chi connectivity index (χ1n) is 8.86. The first-order valence-corrected chi connectivity index (χ1v) is 8.86. The molecule has 6 nitrogen and oxygen atoms in total. The topological polar surface area (TPSA) is 72.7 Å². The molecule has 2 aromatic heterocycles. The molecule has 132 valence electrons. The van der Waals surface area contributed by atoms with Gasteiger partial charge in [-0.25, -0.2) is 14.6 Å². The molecule has 26 heavy (non-hydrogen) atoms. The summed E-state index contributed by atoms with van der Waals surface area (Å²) < 4.78 is 1.94. The SMILES string of the molecule is Cc1cnc(CNC(=O)c2nn(-c3ccccc3C)c3c2CCC3)nc1. The van der Waals surface area contributed by atoms with Crippen LogP contribution < -0.4 is 5.32 Å². The van der Waals surface area contributed by atoms with E-state index in [-0.39, 0.29) is 5.91 Å². The number of aromatic nitrogens is 4. The Bertz CT molecular complexity index is 959. The first-order chi connectivity index (χ1) is 12.6. The van der Waals surface area contributed by atoms with E-state index in [0.717, 1.165) is 47.3 Å². The van der Waals surface area contributed by atoms with Crippen LogP contribution in [0.15, 0.2) is 36.7 Å². The lowest BCUT2D eigenvalue weighted by Gasteiger charge is -2.08. The molecule has 1 amide bonds. The molecular weight excluding hydrogens is 326 g/mol. The summed E-state index contributed by atoms with van der Waals surface area (Å²) in [5, 5.41) is 7.56. The highest BCUT2D eigenvalue weighted by molar-refractivity contribution is 5.94. The van der Waals surface area contributed by atoms with E-state index in [9.17, 15) is 4.79 Å². The van der Waals surface area contributed by atoms with Crippen molar-refractivity contribution in [2.24, 2.45) is 0 Å². The second kappa shape index (κ2) is 6.71. The molecule has 1 aliphatic carbocycles. The van der Waals surface area contributed by atoms with Gasteiger partial charge >= 0.3 is 0 Å². The highest BCUT2D eigenvalue weighted by Gasteiger charge is 2.27. The summed E-state index contributed by atoms with van der Waals surface area (Å²) in [6.07, 6.45) is 6.40. The highest BCUT2D eigenvalue weighted by Crippen LogP contribution is 2.28. The number of benzene rings is 1. The Hall–Kier alpha value is -3.02. The monoisotopic (exact) mass is 347 g/mol. The van der Waals surface area contributed by atoms with Gasteiger partial charge in [-0.15, -0.1) is 0 Å². The van der Waals surface area contributed by atoms with Gasteiger partial charge in [0.25, 0.3) is 5.91 Å². The van der Waals surface area contributed by atoms with E-state index in [4.69, 9.17) is 0 Å². The fraction of sp³-hybridized carbons (Fsp3) is 0.300. The second-order valence-electron chi connectivity index (χ2n) is 6.69. The zero-order chi connectivity index (χ0) is 18.1. The molecule has 1 N–H and O–H groups in total. The fourth-order valence-electron chi connectivity index (χ4n) is 3.37. The van der Waals surface area contributed by atoms with Crippen LogP contribution in [0, 0.1) is 13.8 Å². The highest BCUT2D eigenvalue weighted by atomic mass is 16.2. The number of amides is 1. The number of carbonyl (C=O) groups is 1. The number of nitrogens with zero attached hydrogens (tertiary/aromatic N) is 4. The Morgan fingerprint density at radius 2 is 1.92 bits per heavy atom. The Labute approximate surface area is 152 Å². The normalized spacial score (nSPS) is 12.8. The minimum atomic E-state index is -0.167. The third-order valence-corrected chi connectivity index (χ3v) is 4.73. The molecule has 0 saturated carbocycles. The molecule has 0 radical (unpaired) electrons. The number of rotatable bonds is 4. The van der Waals surface area contributed by atoms with Crippen molar-refractivity contribution in [3.05, 3.63) is 70.6 Å². The smallest absolute Gasteiger partial charge is 0.272 e. The lowest BCUT2D eigenvalue weighted by molar-refractivity contribution is 0.0943. The predicted molar refractivity (Wildman–Crippen MR) is 98.3 cm³/mol. The zero-order valence-corrected chi connectivity index (χ0v) is 15.0. The summed E-state index contributed by atoms with van der Waals surface area (Å²) >= 11 is 0. The summed E-state index contributed by atoms with van der Waals surface area (Å²) in [7, 11) is 0. The maximum atomic E-state index is 12.7. The van der Waals surface area contributed by atoms with Gasteiger partial charge in [-0.2, -0.15) is 5.10 Å². The Kier molecular flexibility index (Phi) is 4.24. The van der Waals surface area contributed by atoms with Crippen LogP contribution in [0.1, 0.15) is 45.1 Å². The van der Waals surface area contributed by atoms with Gasteiger partial charge < -0.3 is 5.32 Å². The summed E-state index contributed by atoms with van der Waals surface area (Å²) in [4.78, 5) is 21.2. The molecule has 0 spiro atoms. The van der Waals surface area contributed by atoms with Gasteiger partial charge in [0.05, 0.1) is 12.2 Å². The molecule has 0 bridgehead atoms. The van der Waals surface area contributed by atoms with Crippen molar-refractivity contribution >= 4 is 5.91 Å². The molecule has 0 aliphatic heterocycles. The third kappa shape index (κ3) is 2.98. The van der Waals surface area contributed by atoms with Crippen molar-refractivity contribution in [1.29, 1.82) is 0 Å². The summed E-state index contributed by atoms with van der Waals surface area (Å²) in [5.41, 5.74) is 5.91. The number of carbonyl (C=O) groups excluding carboxylic acids is 1. The average Bonchev–Trinajstić information content (AvgIpc) is 3.24. The molecule has 0 fully saturated rings. The molecule has 0 atom stereocenters. The van der Waals surface area contributed by atoms with Gasteiger partial charge in [0.2, 0.25) is 0 Å². The molecule has 0 saturated heterocycles. The van der Waals surface area contributed by atoms with Gasteiger partial charge in [0.1, 0.15) is 5.82 Å². The van der Waals surface area contributed by atoms with Gasteiger partial charge in [0, 0.05) is 23.7 Å². The minimum absolute atomic E-state index is 0.167. The van der Waals surface area contributed by atoms with Gasteiger partial charge in [-0.1, -0.05) is 18.2 Å². The third-order valence-electron chi connectivity index (χ3n) is 4.73. The molecule has 2 heterocycles. The van der Waals surface area contributed by atoms with Crippen LogP contribution in [0.25, 0.3) is 5.69 Å². The van der Waals surface area contributed by atoms with E-state index in [1.54, 1.807) is 12.4 Å². The molecular formula is C20H21N5O. The van der Waals surface area contributed by atoms with E-state index >= 15 is 0 Å². The van der Waals surface area contributed by atoms with Crippen LogP contribution in [-0.4, -0.2) is 25.7 Å². The van der Waals surface area contributed by atoms with Crippen molar-refractivity contribution in [2.45, 2.75) is 39.7 Å². The predicted octanol–water partition coefficient (Wildman–Crippen LogP) is 2.70. The minimum Gasteiger partial charge on any atom is -0.343 e. The molecule has 1 aliphatic rings. The summed E-state index contributed by atoms with van der Waals surface area (Å²) in [5.74, 6) is 0.429. The summed E-state index contributed by atoms with van der Waals surface area (Å²) in [6.45, 7) is 4.29. The van der Waals surface area contributed by atoms with E-state index < -0.39 is 0 Å².